The summed E-state index contributed by atoms with van der Waals surface area (Å²) >= 11 is 3.47. The predicted molar refractivity (Wildman–Crippen MR) is 93.9 cm³/mol. The number of benzene rings is 2. The summed E-state index contributed by atoms with van der Waals surface area (Å²) in [6.07, 6.45) is 0.860. The molecule has 1 heterocycles. The maximum absolute atomic E-state index is 12.8. The summed E-state index contributed by atoms with van der Waals surface area (Å²) in [6.45, 7) is 5.72. The number of hydrogen-bond acceptors (Lipinski definition) is 2. The zero-order valence-electron chi connectivity index (χ0n) is 13.0. The van der Waals surface area contributed by atoms with E-state index in [9.17, 15) is 4.79 Å². The molecule has 3 rings (SSSR count). The minimum Gasteiger partial charge on any atom is -0.338 e. The first-order valence-corrected chi connectivity index (χ1v) is 8.40. The Morgan fingerprint density at radius 1 is 1.23 bits per heavy atom. The summed E-state index contributed by atoms with van der Waals surface area (Å²) in [5.41, 5.74) is 6.88. The number of nitrogens with two attached hydrogens (primary N) is 1. The summed E-state index contributed by atoms with van der Waals surface area (Å²) in [5, 5.41) is 2.22. The lowest BCUT2D eigenvalue weighted by atomic mass is 9.79. The third kappa shape index (κ3) is 2.90. The van der Waals surface area contributed by atoms with Gasteiger partial charge in [-0.25, -0.2) is 0 Å². The Labute approximate surface area is 139 Å². The number of carbonyl (C=O) groups excluding carboxylic acids is 1. The second-order valence-corrected chi connectivity index (χ2v) is 7.73. The SMILES string of the molecule is CC1(C)CN(C(=O)c2ccc3cc(Br)ccc3c2)CCC1N. The van der Waals surface area contributed by atoms with Crippen LogP contribution in [0.4, 0.5) is 0 Å². The van der Waals surface area contributed by atoms with Crippen molar-refractivity contribution in [2.75, 3.05) is 13.1 Å². The van der Waals surface area contributed by atoms with Gasteiger partial charge < -0.3 is 10.6 Å². The van der Waals surface area contributed by atoms with Crippen LogP contribution in [-0.2, 0) is 0 Å². The Hall–Kier alpha value is -1.39. The van der Waals surface area contributed by atoms with E-state index >= 15 is 0 Å². The van der Waals surface area contributed by atoms with E-state index in [2.05, 4.69) is 35.8 Å². The highest BCUT2D eigenvalue weighted by Gasteiger charge is 2.35. The highest BCUT2D eigenvalue weighted by Crippen LogP contribution is 2.29. The summed E-state index contributed by atoms with van der Waals surface area (Å²) in [6, 6.07) is 12.2. The monoisotopic (exact) mass is 360 g/mol. The van der Waals surface area contributed by atoms with Gasteiger partial charge in [0.15, 0.2) is 0 Å². The van der Waals surface area contributed by atoms with Crippen LogP contribution in [0.2, 0.25) is 0 Å². The molecule has 0 saturated carbocycles. The van der Waals surface area contributed by atoms with E-state index in [1.807, 2.05) is 35.2 Å². The molecule has 1 fully saturated rings. The van der Waals surface area contributed by atoms with E-state index in [1.54, 1.807) is 0 Å². The topological polar surface area (TPSA) is 46.3 Å². The molecule has 4 heteroatoms. The van der Waals surface area contributed by atoms with Gasteiger partial charge >= 0.3 is 0 Å². The quantitative estimate of drug-likeness (QED) is 0.840. The Balaban J connectivity index is 1.87. The van der Waals surface area contributed by atoms with E-state index < -0.39 is 0 Å². The van der Waals surface area contributed by atoms with Crippen molar-refractivity contribution >= 4 is 32.6 Å². The minimum atomic E-state index is -0.0321. The molecule has 1 unspecified atom stereocenters. The molecule has 3 nitrogen and oxygen atoms in total. The maximum Gasteiger partial charge on any atom is 0.253 e. The van der Waals surface area contributed by atoms with Crippen LogP contribution >= 0.6 is 15.9 Å². The molecule has 0 aromatic heterocycles. The summed E-state index contributed by atoms with van der Waals surface area (Å²) < 4.78 is 1.05. The van der Waals surface area contributed by atoms with Gasteiger partial charge in [0.05, 0.1) is 0 Å². The third-order valence-corrected chi connectivity index (χ3v) is 5.14. The lowest BCUT2D eigenvalue weighted by molar-refractivity contribution is 0.0533. The number of likely N-dealkylation sites (tertiary alicyclic amines) is 1. The zero-order chi connectivity index (χ0) is 15.9. The molecule has 1 aliphatic rings. The fourth-order valence-corrected chi connectivity index (χ4v) is 3.46. The first kappa shape index (κ1) is 15.5. The standard InChI is InChI=1S/C18H21BrN2O/c1-18(2)11-21(8-7-16(18)20)17(22)14-4-3-13-10-15(19)6-5-12(13)9-14/h3-6,9-10,16H,7-8,11,20H2,1-2H3. The van der Waals surface area contributed by atoms with E-state index in [4.69, 9.17) is 5.73 Å². The number of amides is 1. The van der Waals surface area contributed by atoms with Gasteiger partial charge in [-0.1, -0.05) is 41.9 Å². The average molecular weight is 361 g/mol. The first-order valence-electron chi connectivity index (χ1n) is 7.61. The molecule has 1 atom stereocenters. The molecule has 0 aliphatic carbocycles. The third-order valence-electron chi connectivity index (χ3n) is 4.65. The molecule has 2 N–H and O–H groups in total. The number of hydrogen-bond donors (Lipinski definition) is 1. The number of rotatable bonds is 1. The largest absolute Gasteiger partial charge is 0.338 e. The van der Waals surface area contributed by atoms with Crippen LogP contribution in [0, 0.1) is 5.41 Å². The Morgan fingerprint density at radius 2 is 1.91 bits per heavy atom. The number of fused-ring (bicyclic) bond motifs is 1. The van der Waals surface area contributed by atoms with Crippen LogP contribution in [0.5, 0.6) is 0 Å². The van der Waals surface area contributed by atoms with Crippen molar-refractivity contribution in [3.63, 3.8) is 0 Å². The summed E-state index contributed by atoms with van der Waals surface area (Å²) in [7, 11) is 0. The molecule has 22 heavy (non-hydrogen) atoms. The Bertz CT molecular complexity index is 726. The molecular weight excluding hydrogens is 340 g/mol. The van der Waals surface area contributed by atoms with Crippen molar-refractivity contribution < 1.29 is 4.79 Å². The number of halogens is 1. The molecule has 2 aromatic rings. The summed E-state index contributed by atoms with van der Waals surface area (Å²) in [5.74, 6) is 0.102. The fraction of sp³-hybridized carbons (Fsp3) is 0.389. The highest BCUT2D eigenvalue weighted by molar-refractivity contribution is 9.10. The fourth-order valence-electron chi connectivity index (χ4n) is 3.08. The smallest absolute Gasteiger partial charge is 0.253 e. The normalized spacial score (nSPS) is 21.1. The van der Waals surface area contributed by atoms with Crippen LogP contribution in [0.25, 0.3) is 10.8 Å². The van der Waals surface area contributed by atoms with Crippen molar-refractivity contribution in [1.29, 1.82) is 0 Å². The van der Waals surface area contributed by atoms with E-state index in [0.717, 1.165) is 33.8 Å². The van der Waals surface area contributed by atoms with Crippen molar-refractivity contribution in [1.82, 2.24) is 4.90 Å². The molecule has 2 aromatic carbocycles. The van der Waals surface area contributed by atoms with Gasteiger partial charge in [0, 0.05) is 29.2 Å². The van der Waals surface area contributed by atoms with Crippen molar-refractivity contribution in [3.8, 4) is 0 Å². The van der Waals surface area contributed by atoms with Crippen molar-refractivity contribution in [3.05, 3.63) is 46.4 Å². The summed E-state index contributed by atoms with van der Waals surface area (Å²) in [4.78, 5) is 14.7. The van der Waals surface area contributed by atoms with Gasteiger partial charge in [-0.2, -0.15) is 0 Å². The van der Waals surface area contributed by atoms with Crippen molar-refractivity contribution in [2.24, 2.45) is 11.1 Å². The lowest BCUT2D eigenvalue weighted by Gasteiger charge is -2.42. The van der Waals surface area contributed by atoms with Gasteiger partial charge in [-0.3, -0.25) is 4.79 Å². The van der Waals surface area contributed by atoms with Gasteiger partial charge in [-0.15, -0.1) is 0 Å². The number of nitrogens with zero attached hydrogens (tertiary/aromatic N) is 1. The van der Waals surface area contributed by atoms with Crippen LogP contribution in [0.3, 0.4) is 0 Å². The molecule has 1 aliphatic heterocycles. The zero-order valence-corrected chi connectivity index (χ0v) is 14.6. The van der Waals surface area contributed by atoms with Gasteiger partial charge in [0.25, 0.3) is 5.91 Å². The minimum absolute atomic E-state index is 0.0321. The highest BCUT2D eigenvalue weighted by atomic mass is 79.9. The first-order chi connectivity index (χ1) is 10.4. The van der Waals surface area contributed by atoms with E-state index in [1.165, 1.54) is 0 Å². The van der Waals surface area contributed by atoms with Gasteiger partial charge in [0.2, 0.25) is 0 Å². The number of piperidine rings is 1. The van der Waals surface area contributed by atoms with E-state index in [-0.39, 0.29) is 17.4 Å². The predicted octanol–water partition coefficient (Wildman–Crippen LogP) is 3.80. The molecule has 1 saturated heterocycles. The van der Waals surface area contributed by atoms with Crippen LogP contribution in [0.15, 0.2) is 40.9 Å². The molecule has 0 radical (unpaired) electrons. The van der Waals surface area contributed by atoms with Gasteiger partial charge in [0.1, 0.15) is 0 Å². The molecule has 116 valence electrons. The van der Waals surface area contributed by atoms with Crippen molar-refractivity contribution in [2.45, 2.75) is 26.3 Å². The lowest BCUT2D eigenvalue weighted by Crippen LogP contribution is -2.53. The maximum atomic E-state index is 12.8. The van der Waals surface area contributed by atoms with E-state index in [0.29, 0.717) is 6.54 Å². The molecular formula is C18H21BrN2O. The second-order valence-electron chi connectivity index (χ2n) is 6.82. The molecule has 1 amide bonds. The van der Waals surface area contributed by atoms with Crippen LogP contribution < -0.4 is 5.73 Å². The van der Waals surface area contributed by atoms with Crippen LogP contribution in [0.1, 0.15) is 30.6 Å². The molecule has 0 spiro atoms. The number of carbonyl (C=O) groups is 1. The van der Waals surface area contributed by atoms with Crippen LogP contribution in [-0.4, -0.2) is 29.9 Å². The average Bonchev–Trinajstić information content (AvgIpc) is 2.48. The molecule has 0 bridgehead atoms. The Morgan fingerprint density at radius 3 is 2.64 bits per heavy atom. The second kappa shape index (κ2) is 5.67. The Kier molecular flexibility index (Phi) is 4.00. The van der Waals surface area contributed by atoms with Gasteiger partial charge in [-0.05, 0) is 46.9 Å².